The van der Waals surface area contributed by atoms with E-state index in [4.69, 9.17) is 0 Å². The van der Waals surface area contributed by atoms with Gasteiger partial charge in [0.2, 0.25) is 0 Å². The zero-order valence-electron chi connectivity index (χ0n) is 16.3. The maximum absolute atomic E-state index is 13.8. The summed E-state index contributed by atoms with van der Waals surface area (Å²) in [5.74, 6) is -1.29. The highest BCUT2D eigenvalue weighted by Crippen LogP contribution is 2.16. The Morgan fingerprint density at radius 2 is 1.66 bits per heavy atom. The van der Waals surface area contributed by atoms with Gasteiger partial charge in [-0.3, -0.25) is 14.6 Å². The highest BCUT2D eigenvalue weighted by atomic mass is 19.1. The van der Waals surface area contributed by atoms with Crippen molar-refractivity contribution in [1.29, 1.82) is 0 Å². The topological polar surface area (TPSA) is 62.3 Å². The number of nitrogens with one attached hydrogen (secondary N) is 1. The molecule has 0 saturated heterocycles. The van der Waals surface area contributed by atoms with Crippen LogP contribution in [-0.4, -0.2) is 27.7 Å². The minimum Gasteiger partial charge on any atom is -0.332 e. The molecular weight excluding hydrogens is 369 g/mol. The number of rotatable bonds is 6. The third-order valence-corrected chi connectivity index (χ3v) is 4.45. The van der Waals surface area contributed by atoms with Gasteiger partial charge in [0.05, 0.1) is 16.8 Å². The molecule has 6 heteroatoms. The predicted molar refractivity (Wildman–Crippen MR) is 110 cm³/mol. The van der Waals surface area contributed by atoms with Crippen LogP contribution in [-0.2, 0) is 6.54 Å². The molecule has 0 fully saturated rings. The van der Waals surface area contributed by atoms with Crippen LogP contribution in [0.4, 0.5) is 10.1 Å². The molecule has 3 rings (SSSR count). The van der Waals surface area contributed by atoms with Crippen LogP contribution in [0.2, 0.25) is 0 Å². The first kappa shape index (κ1) is 20.2. The normalized spacial score (nSPS) is 10.6. The van der Waals surface area contributed by atoms with Gasteiger partial charge in [0.15, 0.2) is 0 Å². The Morgan fingerprint density at radius 1 is 1.00 bits per heavy atom. The second kappa shape index (κ2) is 9.10. The molecule has 5 nitrogen and oxygen atoms in total. The van der Waals surface area contributed by atoms with Gasteiger partial charge in [-0.1, -0.05) is 42.5 Å². The molecule has 1 aromatic heterocycles. The van der Waals surface area contributed by atoms with E-state index >= 15 is 0 Å². The number of carbonyl (C=O) groups is 2. The summed E-state index contributed by atoms with van der Waals surface area (Å²) in [6.07, 6.45) is 2.78. The zero-order chi connectivity index (χ0) is 20.8. The number of hydrogen-bond donors (Lipinski definition) is 1. The van der Waals surface area contributed by atoms with E-state index in [9.17, 15) is 14.0 Å². The monoisotopic (exact) mass is 391 g/mol. The van der Waals surface area contributed by atoms with Crippen molar-refractivity contribution in [2.75, 3.05) is 5.32 Å². The number of carbonyl (C=O) groups excluding carboxylic acids is 2. The van der Waals surface area contributed by atoms with E-state index in [-0.39, 0.29) is 23.2 Å². The lowest BCUT2D eigenvalue weighted by molar-refractivity contribution is 0.0690. The fourth-order valence-corrected chi connectivity index (χ4v) is 2.87. The quantitative estimate of drug-likeness (QED) is 0.672. The van der Waals surface area contributed by atoms with Crippen molar-refractivity contribution in [1.82, 2.24) is 9.88 Å². The lowest BCUT2D eigenvalue weighted by Crippen LogP contribution is -2.36. The zero-order valence-corrected chi connectivity index (χ0v) is 16.3. The van der Waals surface area contributed by atoms with Gasteiger partial charge in [0, 0.05) is 25.0 Å². The van der Waals surface area contributed by atoms with E-state index in [0.29, 0.717) is 12.1 Å². The molecule has 0 unspecified atom stereocenters. The molecule has 0 aliphatic rings. The first-order valence-electron chi connectivity index (χ1n) is 9.31. The Morgan fingerprint density at radius 3 is 2.34 bits per heavy atom. The van der Waals surface area contributed by atoms with Gasteiger partial charge in [-0.05, 0) is 37.6 Å². The van der Waals surface area contributed by atoms with E-state index in [2.05, 4.69) is 10.3 Å². The summed E-state index contributed by atoms with van der Waals surface area (Å²) < 4.78 is 13.8. The minimum absolute atomic E-state index is 0.0430. The summed E-state index contributed by atoms with van der Waals surface area (Å²) >= 11 is 0. The molecule has 0 atom stereocenters. The van der Waals surface area contributed by atoms with E-state index in [1.165, 1.54) is 30.6 Å². The molecule has 0 saturated carbocycles. The van der Waals surface area contributed by atoms with Crippen LogP contribution in [0.5, 0.6) is 0 Å². The number of nitrogens with zero attached hydrogens (tertiary/aromatic N) is 2. The van der Waals surface area contributed by atoms with Crippen molar-refractivity contribution in [3.63, 3.8) is 0 Å². The Labute approximate surface area is 169 Å². The van der Waals surface area contributed by atoms with E-state index < -0.39 is 11.7 Å². The lowest BCUT2D eigenvalue weighted by atomic mass is 10.1. The van der Waals surface area contributed by atoms with Gasteiger partial charge in [0.1, 0.15) is 5.82 Å². The number of aromatic nitrogens is 1. The van der Waals surface area contributed by atoms with Crippen molar-refractivity contribution in [3.8, 4) is 0 Å². The molecule has 0 aliphatic carbocycles. The number of para-hydroxylation sites is 1. The minimum atomic E-state index is -0.533. The van der Waals surface area contributed by atoms with Crippen molar-refractivity contribution >= 4 is 17.5 Å². The third kappa shape index (κ3) is 5.04. The van der Waals surface area contributed by atoms with Gasteiger partial charge in [-0.2, -0.15) is 0 Å². The molecule has 0 spiro atoms. The fourth-order valence-electron chi connectivity index (χ4n) is 2.87. The number of hydrogen-bond acceptors (Lipinski definition) is 3. The van der Waals surface area contributed by atoms with Crippen molar-refractivity contribution in [2.45, 2.75) is 26.4 Å². The van der Waals surface area contributed by atoms with Gasteiger partial charge >= 0.3 is 0 Å². The average molecular weight is 391 g/mol. The highest BCUT2D eigenvalue weighted by molar-refractivity contribution is 6.05. The van der Waals surface area contributed by atoms with Crippen LogP contribution in [0.3, 0.4) is 0 Å². The molecule has 2 aromatic carbocycles. The smallest absolute Gasteiger partial charge is 0.257 e. The first-order valence-corrected chi connectivity index (χ1v) is 9.31. The molecule has 0 bridgehead atoms. The number of benzene rings is 2. The van der Waals surface area contributed by atoms with Crippen LogP contribution >= 0.6 is 0 Å². The molecule has 0 aliphatic heterocycles. The van der Waals surface area contributed by atoms with Crippen LogP contribution in [0.15, 0.2) is 73.1 Å². The lowest BCUT2D eigenvalue weighted by Gasteiger charge is -2.27. The summed E-state index contributed by atoms with van der Waals surface area (Å²) in [4.78, 5) is 31.3. The van der Waals surface area contributed by atoms with Crippen LogP contribution in [0.25, 0.3) is 0 Å². The highest BCUT2D eigenvalue weighted by Gasteiger charge is 2.21. The van der Waals surface area contributed by atoms with Gasteiger partial charge in [-0.25, -0.2) is 4.39 Å². The largest absolute Gasteiger partial charge is 0.332 e. The van der Waals surface area contributed by atoms with Gasteiger partial charge < -0.3 is 10.2 Å². The summed E-state index contributed by atoms with van der Waals surface area (Å²) in [6, 6.07) is 17.0. The SMILES string of the molecule is CC(C)N(Cc1ccccc1)C(=O)c1cncc(C(=O)Nc2ccccc2F)c1. The van der Waals surface area contributed by atoms with Crippen LogP contribution in [0.1, 0.15) is 40.1 Å². The third-order valence-electron chi connectivity index (χ3n) is 4.45. The number of anilines is 1. The Kier molecular flexibility index (Phi) is 6.34. The predicted octanol–water partition coefficient (Wildman–Crippen LogP) is 4.52. The Balaban J connectivity index is 1.80. The number of halogens is 1. The molecule has 29 heavy (non-hydrogen) atoms. The fraction of sp³-hybridized carbons (Fsp3) is 0.174. The Bertz CT molecular complexity index is 1010. The van der Waals surface area contributed by atoms with Crippen molar-refractivity contribution in [3.05, 3.63) is 95.6 Å². The molecule has 0 radical (unpaired) electrons. The Hall–Kier alpha value is -3.54. The molecule has 2 amide bonds. The molecule has 148 valence electrons. The summed E-state index contributed by atoms with van der Waals surface area (Å²) in [5.41, 5.74) is 1.57. The number of amides is 2. The van der Waals surface area contributed by atoms with E-state index in [1.807, 2.05) is 44.2 Å². The molecule has 1 N–H and O–H groups in total. The second-order valence-corrected chi connectivity index (χ2v) is 6.91. The summed E-state index contributed by atoms with van der Waals surface area (Å²) in [7, 11) is 0. The van der Waals surface area contributed by atoms with Crippen LogP contribution in [0, 0.1) is 5.82 Å². The van der Waals surface area contributed by atoms with Crippen molar-refractivity contribution in [2.24, 2.45) is 0 Å². The maximum Gasteiger partial charge on any atom is 0.257 e. The summed E-state index contributed by atoms with van der Waals surface area (Å²) in [6.45, 7) is 4.31. The van der Waals surface area contributed by atoms with E-state index in [0.717, 1.165) is 5.56 Å². The molecular formula is C23H22FN3O2. The number of pyridine rings is 1. The first-order chi connectivity index (χ1) is 14.0. The second-order valence-electron chi connectivity index (χ2n) is 6.91. The maximum atomic E-state index is 13.8. The van der Waals surface area contributed by atoms with Gasteiger partial charge in [-0.15, -0.1) is 0 Å². The van der Waals surface area contributed by atoms with Gasteiger partial charge in [0.25, 0.3) is 11.8 Å². The average Bonchev–Trinajstić information content (AvgIpc) is 2.74. The van der Waals surface area contributed by atoms with Crippen LogP contribution < -0.4 is 5.32 Å². The molecule has 1 heterocycles. The summed E-state index contributed by atoms with van der Waals surface area (Å²) in [5, 5.41) is 2.51. The molecule has 3 aromatic rings. The van der Waals surface area contributed by atoms with Crippen molar-refractivity contribution < 1.29 is 14.0 Å². The standard InChI is InChI=1S/C23H22FN3O2/c1-16(2)27(15-17-8-4-3-5-9-17)23(29)19-12-18(13-25-14-19)22(28)26-21-11-7-6-10-20(21)24/h3-14,16H,15H2,1-2H3,(H,26,28). The van der Waals surface area contributed by atoms with E-state index in [1.54, 1.807) is 17.0 Å².